The lowest BCUT2D eigenvalue weighted by Gasteiger charge is -2.25. The van der Waals surface area contributed by atoms with Crippen LogP contribution in [0.1, 0.15) is 17.4 Å². The van der Waals surface area contributed by atoms with Gasteiger partial charge in [0.2, 0.25) is 0 Å². The maximum atomic E-state index is 4.56. The predicted octanol–water partition coefficient (Wildman–Crippen LogP) is 4.85. The molecule has 4 nitrogen and oxygen atoms in total. The highest BCUT2D eigenvalue weighted by Crippen LogP contribution is 2.28. The minimum Gasteiger partial charge on any atom is -0.656 e. The molecule has 2 aromatic carbocycles. The van der Waals surface area contributed by atoms with Crippen LogP contribution in [-0.2, 0) is 6.42 Å². The summed E-state index contributed by atoms with van der Waals surface area (Å²) in [5, 5.41) is 5.79. The summed E-state index contributed by atoms with van der Waals surface area (Å²) in [6, 6.07) is 18.6. The quantitative estimate of drug-likeness (QED) is 0.543. The molecule has 4 heteroatoms. The molecular formula is C20H19N4-. The van der Waals surface area contributed by atoms with Gasteiger partial charge in [0.1, 0.15) is 0 Å². The maximum Gasteiger partial charge on any atom is 0.0886 e. The molecule has 0 saturated heterocycles. The number of imidazole rings is 1. The topological polar surface area (TPSA) is 58.6 Å². The highest BCUT2D eigenvalue weighted by molar-refractivity contribution is 5.83. The van der Waals surface area contributed by atoms with Crippen LogP contribution in [0.5, 0.6) is 0 Å². The molecule has 0 amide bonds. The first-order valence-corrected chi connectivity index (χ1v) is 8.09. The van der Waals surface area contributed by atoms with Gasteiger partial charge in [-0.2, -0.15) is 7.05 Å². The van der Waals surface area contributed by atoms with Gasteiger partial charge in [-0.25, -0.2) is 4.98 Å². The molecule has 0 spiro atoms. The van der Waals surface area contributed by atoms with Gasteiger partial charge >= 0.3 is 0 Å². The Morgan fingerprint density at radius 2 is 1.83 bits per heavy atom. The van der Waals surface area contributed by atoms with Crippen LogP contribution in [-0.4, -0.2) is 22.0 Å². The third-order valence-electron chi connectivity index (χ3n) is 4.40. The van der Waals surface area contributed by atoms with Crippen molar-refractivity contribution in [3.8, 4) is 11.3 Å². The van der Waals surface area contributed by atoms with Crippen LogP contribution >= 0.6 is 0 Å². The van der Waals surface area contributed by atoms with E-state index < -0.39 is 0 Å². The van der Waals surface area contributed by atoms with Crippen molar-refractivity contribution in [2.75, 3.05) is 7.05 Å². The van der Waals surface area contributed by atoms with Gasteiger partial charge in [0.05, 0.1) is 17.7 Å². The largest absolute Gasteiger partial charge is 0.656 e. The van der Waals surface area contributed by atoms with E-state index in [1.807, 2.05) is 37.5 Å². The number of benzene rings is 2. The molecule has 1 atom stereocenters. The molecule has 0 unspecified atom stereocenters. The number of hydrogen-bond donors (Lipinski definition) is 2. The smallest absolute Gasteiger partial charge is 0.0886 e. The fourth-order valence-electron chi connectivity index (χ4n) is 3.09. The maximum absolute atomic E-state index is 4.56. The number of aromatic nitrogens is 3. The van der Waals surface area contributed by atoms with Crippen LogP contribution in [0.25, 0.3) is 27.5 Å². The van der Waals surface area contributed by atoms with E-state index in [0.29, 0.717) is 0 Å². The standard InChI is InChI=1S/C20H19N4/c1-21-18(11-15-12-22-17-10-6-5-9-16(15)17)20-23-13-19(24-20)14-7-3-2-4-8-14/h2-10,12-13,18,22H,11H2,1H3,(H,23,24)/q-1/t18-/m1/s1. The Morgan fingerprint density at radius 1 is 1.04 bits per heavy atom. The molecule has 0 aliphatic heterocycles. The van der Waals surface area contributed by atoms with Gasteiger partial charge < -0.3 is 15.3 Å². The number of nitrogens with one attached hydrogen (secondary N) is 2. The number of rotatable bonds is 5. The predicted molar refractivity (Wildman–Crippen MR) is 98.1 cm³/mol. The van der Waals surface area contributed by atoms with E-state index in [1.54, 1.807) is 0 Å². The average molecular weight is 315 g/mol. The Labute approximate surface area is 141 Å². The average Bonchev–Trinajstić information content (AvgIpc) is 3.28. The normalized spacial score (nSPS) is 12.5. The van der Waals surface area contributed by atoms with Gasteiger partial charge in [0.25, 0.3) is 0 Å². The number of fused-ring (bicyclic) bond motifs is 1. The zero-order valence-electron chi connectivity index (χ0n) is 13.5. The third kappa shape index (κ3) is 2.72. The summed E-state index contributed by atoms with van der Waals surface area (Å²) in [4.78, 5) is 11.3. The molecular weight excluding hydrogens is 296 g/mol. The van der Waals surface area contributed by atoms with Gasteiger partial charge in [-0.1, -0.05) is 54.6 Å². The first-order chi connectivity index (χ1) is 11.8. The molecule has 0 aliphatic carbocycles. The number of likely N-dealkylation sites (N-methyl/N-ethyl adjacent to an activating group) is 1. The van der Waals surface area contributed by atoms with E-state index in [1.165, 1.54) is 10.9 Å². The molecule has 0 radical (unpaired) electrons. The molecule has 0 aliphatic rings. The minimum atomic E-state index is 0.0154. The highest BCUT2D eigenvalue weighted by atomic mass is 15.0. The number of H-pyrrole nitrogens is 2. The van der Waals surface area contributed by atoms with E-state index >= 15 is 0 Å². The van der Waals surface area contributed by atoms with E-state index in [4.69, 9.17) is 0 Å². The van der Waals surface area contributed by atoms with Gasteiger partial charge in [0, 0.05) is 17.1 Å². The van der Waals surface area contributed by atoms with Crippen molar-refractivity contribution in [1.82, 2.24) is 15.0 Å². The molecule has 0 bridgehead atoms. The van der Waals surface area contributed by atoms with E-state index in [9.17, 15) is 0 Å². The van der Waals surface area contributed by atoms with Crippen LogP contribution in [0, 0.1) is 0 Å². The molecule has 2 N–H and O–H groups in total. The van der Waals surface area contributed by atoms with Crippen molar-refractivity contribution < 1.29 is 0 Å². The number of aromatic amines is 2. The first-order valence-electron chi connectivity index (χ1n) is 8.09. The Balaban J connectivity index is 1.61. The van der Waals surface area contributed by atoms with Crippen molar-refractivity contribution in [3.63, 3.8) is 0 Å². The second-order valence-corrected chi connectivity index (χ2v) is 5.89. The molecule has 0 saturated carbocycles. The van der Waals surface area contributed by atoms with Crippen LogP contribution < -0.4 is 0 Å². The molecule has 0 fully saturated rings. The fraction of sp³-hybridized carbons (Fsp3) is 0.150. The Hall–Kier alpha value is -2.85. The second-order valence-electron chi connectivity index (χ2n) is 5.89. The SMILES string of the molecule is C[N-][C@H](Cc1c[nH]c2ccccc12)c1ncc(-c2ccccc2)[nH]1. The highest BCUT2D eigenvalue weighted by Gasteiger charge is 2.11. The van der Waals surface area contributed by atoms with Crippen LogP contribution in [0.2, 0.25) is 0 Å². The molecule has 2 aromatic heterocycles. The van der Waals surface area contributed by atoms with Gasteiger partial charge in [-0.3, -0.25) is 0 Å². The minimum absolute atomic E-state index is 0.0154. The second kappa shape index (κ2) is 6.34. The summed E-state index contributed by atoms with van der Waals surface area (Å²) in [6.07, 6.45) is 4.78. The summed E-state index contributed by atoms with van der Waals surface area (Å²) < 4.78 is 0. The van der Waals surface area contributed by atoms with E-state index in [0.717, 1.165) is 29.0 Å². The Bertz CT molecular complexity index is 936. The van der Waals surface area contributed by atoms with E-state index in [2.05, 4.69) is 56.8 Å². The van der Waals surface area contributed by atoms with Crippen LogP contribution in [0.4, 0.5) is 0 Å². The lowest BCUT2D eigenvalue weighted by molar-refractivity contribution is 0.750. The molecule has 4 rings (SSSR count). The van der Waals surface area contributed by atoms with Crippen molar-refractivity contribution in [2.24, 2.45) is 0 Å². The zero-order chi connectivity index (χ0) is 16.4. The van der Waals surface area contributed by atoms with Crippen molar-refractivity contribution >= 4 is 10.9 Å². The lowest BCUT2D eigenvalue weighted by atomic mass is 10.0. The summed E-state index contributed by atoms with van der Waals surface area (Å²) in [5.41, 5.74) is 4.59. The van der Waals surface area contributed by atoms with Crippen LogP contribution in [0.3, 0.4) is 0 Å². The van der Waals surface area contributed by atoms with Crippen molar-refractivity contribution in [3.05, 3.63) is 83.7 Å². The molecule has 4 aromatic rings. The van der Waals surface area contributed by atoms with Gasteiger partial charge in [-0.05, 0) is 23.6 Å². The van der Waals surface area contributed by atoms with Crippen molar-refractivity contribution in [1.29, 1.82) is 0 Å². The Kier molecular flexibility index (Phi) is 3.89. The van der Waals surface area contributed by atoms with Gasteiger partial charge in [-0.15, -0.1) is 0 Å². The van der Waals surface area contributed by atoms with Crippen LogP contribution in [0.15, 0.2) is 67.0 Å². The molecule has 2 heterocycles. The molecule has 120 valence electrons. The number of para-hydroxylation sites is 1. The monoisotopic (exact) mass is 315 g/mol. The summed E-state index contributed by atoms with van der Waals surface area (Å²) in [6.45, 7) is 0. The third-order valence-corrected chi connectivity index (χ3v) is 4.40. The molecule has 24 heavy (non-hydrogen) atoms. The number of hydrogen-bond acceptors (Lipinski definition) is 1. The van der Waals surface area contributed by atoms with Crippen molar-refractivity contribution in [2.45, 2.75) is 12.5 Å². The summed E-state index contributed by atoms with van der Waals surface area (Å²) in [5.74, 6) is 0.904. The zero-order valence-corrected chi connectivity index (χ0v) is 13.5. The van der Waals surface area contributed by atoms with E-state index in [-0.39, 0.29) is 6.04 Å². The Morgan fingerprint density at radius 3 is 2.67 bits per heavy atom. The summed E-state index contributed by atoms with van der Waals surface area (Å²) >= 11 is 0. The first kappa shape index (κ1) is 14.7. The van der Waals surface area contributed by atoms with Gasteiger partial charge in [0.15, 0.2) is 0 Å². The fourth-order valence-corrected chi connectivity index (χ4v) is 3.09. The summed E-state index contributed by atoms with van der Waals surface area (Å²) in [7, 11) is 1.85. The lowest BCUT2D eigenvalue weighted by Crippen LogP contribution is -2.03. The number of nitrogens with zero attached hydrogens (tertiary/aromatic N) is 2.